The van der Waals surface area contributed by atoms with E-state index in [-0.39, 0.29) is 12.5 Å². The third-order valence-corrected chi connectivity index (χ3v) is 3.53. The highest BCUT2D eigenvalue weighted by molar-refractivity contribution is 9.10. The van der Waals surface area contributed by atoms with Gasteiger partial charge in [-0.15, -0.1) is 0 Å². The lowest BCUT2D eigenvalue weighted by molar-refractivity contribution is -0.173. The van der Waals surface area contributed by atoms with Crippen LogP contribution in [0.5, 0.6) is 0 Å². The molecule has 0 saturated heterocycles. The number of carbonyl (C=O) groups is 2. The number of alkyl halides is 3. The molecule has 2 amide bonds. The van der Waals surface area contributed by atoms with Gasteiger partial charge in [-0.1, -0.05) is 28.1 Å². The third kappa shape index (κ3) is 5.09. The van der Waals surface area contributed by atoms with E-state index in [9.17, 15) is 22.8 Å². The highest BCUT2D eigenvalue weighted by atomic mass is 79.9. The van der Waals surface area contributed by atoms with Gasteiger partial charge in [-0.2, -0.15) is 13.2 Å². The molecule has 0 bridgehead atoms. The van der Waals surface area contributed by atoms with Gasteiger partial charge in [0.25, 0.3) is 5.91 Å². The molecule has 0 saturated carbocycles. The number of carbonyl (C=O) groups excluding carboxylic acids is 2. The lowest BCUT2D eigenvalue weighted by Crippen LogP contribution is -2.36. The molecule has 2 rings (SSSR count). The molecule has 24 heavy (non-hydrogen) atoms. The van der Waals surface area contributed by atoms with E-state index in [1.165, 1.54) is 6.07 Å². The Morgan fingerprint density at radius 3 is 2.33 bits per heavy atom. The monoisotopic (exact) mass is 400 g/mol. The summed E-state index contributed by atoms with van der Waals surface area (Å²) in [5, 5.41) is 4.42. The first kappa shape index (κ1) is 18.0. The van der Waals surface area contributed by atoms with E-state index in [2.05, 4.69) is 21.2 Å². The molecule has 126 valence electrons. The summed E-state index contributed by atoms with van der Waals surface area (Å²) >= 11 is 3.27. The number of rotatable bonds is 4. The molecule has 0 atom stereocenters. The lowest BCUT2D eigenvalue weighted by Gasteiger charge is -2.10. The summed E-state index contributed by atoms with van der Waals surface area (Å²) in [5.74, 6) is -2.36. The molecule has 0 aromatic heterocycles. The van der Waals surface area contributed by atoms with Gasteiger partial charge in [-0.25, -0.2) is 0 Å². The average molecular weight is 401 g/mol. The zero-order valence-corrected chi connectivity index (χ0v) is 13.7. The van der Waals surface area contributed by atoms with Crippen LogP contribution in [-0.2, 0) is 11.3 Å². The van der Waals surface area contributed by atoms with Crippen LogP contribution in [0.25, 0.3) is 0 Å². The van der Waals surface area contributed by atoms with Gasteiger partial charge in [-0.05, 0) is 42.0 Å². The highest BCUT2D eigenvalue weighted by Crippen LogP contribution is 2.16. The van der Waals surface area contributed by atoms with Gasteiger partial charge >= 0.3 is 12.1 Å². The normalized spacial score (nSPS) is 11.0. The molecule has 0 radical (unpaired) electrons. The molecule has 2 aromatic carbocycles. The van der Waals surface area contributed by atoms with Gasteiger partial charge < -0.3 is 10.6 Å². The summed E-state index contributed by atoms with van der Waals surface area (Å²) in [7, 11) is 0. The fourth-order valence-corrected chi connectivity index (χ4v) is 2.11. The summed E-state index contributed by atoms with van der Waals surface area (Å²) < 4.78 is 37.3. The summed E-state index contributed by atoms with van der Waals surface area (Å²) in [4.78, 5) is 22.9. The summed E-state index contributed by atoms with van der Waals surface area (Å²) in [6.07, 6.45) is -4.92. The van der Waals surface area contributed by atoms with Gasteiger partial charge in [0, 0.05) is 22.3 Å². The highest BCUT2D eigenvalue weighted by Gasteiger charge is 2.38. The van der Waals surface area contributed by atoms with Gasteiger partial charge in [0.1, 0.15) is 0 Å². The SMILES string of the molecule is O=C(Nc1cccc(CNC(=O)C(F)(F)F)c1)c1ccc(Br)cc1. The zero-order chi connectivity index (χ0) is 17.7. The van der Waals surface area contributed by atoms with Crippen molar-refractivity contribution in [3.05, 3.63) is 64.1 Å². The second-order valence-corrected chi connectivity index (χ2v) is 5.76. The maximum absolute atomic E-state index is 12.1. The number of hydrogen-bond acceptors (Lipinski definition) is 2. The molecule has 2 aromatic rings. The van der Waals surface area contributed by atoms with Crippen molar-refractivity contribution in [1.82, 2.24) is 5.32 Å². The number of amides is 2. The number of halogens is 4. The second kappa shape index (κ2) is 7.48. The minimum absolute atomic E-state index is 0.291. The van der Waals surface area contributed by atoms with E-state index in [1.807, 2.05) is 0 Å². The molecule has 8 heteroatoms. The van der Waals surface area contributed by atoms with Crippen LogP contribution in [0.4, 0.5) is 18.9 Å². The maximum Gasteiger partial charge on any atom is 0.471 e. The topological polar surface area (TPSA) is 58.2 Å². The fraction of sp³-hybridized carbons (Fsp3) is 0.125. The molecule has 0 aliphatic carbocycles. The number of anilines is 1. The Bertz CT molecular complexity index is 746. The maximum atomic E-state index is 12.1. The largest absolute Gasteiger partial charge is 0.471 e. The molecule has 4 nitrogen and oxygen atoms in total. The molecular weight excluding hydrogens is 389 g/mol. The van der Waals surface area contributed by atoms with E-state index < -0.39 is 12.1 Å². The Morgan fingerprint density at radius 1 is 1.04 bits per heavy atom. The van der Waals surface area contributed by atoms with Crippen molar-refractivity contribution in [2.75, 3.05) is 5.32 Å². The van der Waals surface area contributed by atoms with Gasteiger partial charge in [0.2, 0.25) is 0 Å². The standard InChI is InChI=1S/C16H12BrF3N2O2/c17-12-6-4-11(5-7-12)14(23)22-13-3-1-2-10(8-13)9-21-15(24)16(18,19)20/h1-8H,9H2,(H,21,24)(H,22,23). The predicted molar refractivity (Wildman–Crippen MR) is 86.4 cm³/mol. The Hall–Kier alpha value is -2.35. The van der Waals surface area contributed by atoms with Crippen LogP contribution in [0.2, 0.25) is 0 Å². The number of benzene rings is 2. The van der Waals surface area contributed by atoms with E-state index in [1.54, 1.807) is 47.8 Å². The molecule has 2 N–H and O–H groups in total. The van der Waals surface area contributed by atoms with Crippen LogP contribution in [0.1, 0.15) is 15.9 Å². The van der Waals surface area contributed by atoms with Crippen LogP contribution >= 0.6 is 15.9 Å². The first-order valence-corrected chi connectivity index (χ1v) is 7.56. The van der Waals surface area contributed by atoms with Crippen molar-refractivity contribution >= 4 is 33.4 Å². The first-order valence-electron chi connectivity index (χ1n) is 6.76. The van der Waals surface area contributed by atoms with Crippen molar-refractivity contribution in [2.24, 2.45) is 0 Å². The molecule has 0 heterocycles. The molecule has 0 fully saturated rings. The Morgan fingerprint density at radius 2 is 1.71 bits per heavy atom. The van der Waals surface area contributed by atoms with Crippen molar-refractivity contribution < 1.29 is 22.8 Å². The first-order chi connectivity index (χ1) is 11.3. The van der Waals surface area contributed by atoms with Gasteiger partial charge in [-0.3, -0.25) is 9.59 Å². The average Bonchev–Trinajstić information content (AvgIpc) is 2.52. The summed E-state index contributed by atoms with van der Waals surface area (Å²) in [6, 6.07) is 12.9. The van der Waals surface area contributed by atoms with Crippen LogP contribution in [0, 0.1) is 0 Å². The van der Waals surface area contributed by atoms with Crippen LogP contribution in [0.15, 0.2) is 53.0 Å². The Kier molecular flexibility index (Phi) is 5.61. The van der Waals surface area contributed by atoms with Crippen LogP contribution < -0.4 is 10.6 Å². The van der Waals surface area contributed by atoms with Gasteiger partial charge in [0.05, 0.1) is 0 Å². The fourth-order valence-electron chi connectivity index (χ4n) is 1.85. The summed E-state index contributed by atoms with van der Waals surface area (Å²) in [6.45, 7) is -0.291. The Balaban J connectivity index is 2.01. The lowest BCUT2D eigenvalue weighted by atomic mass is 10.1. The van der Waals surface area contributed by atoms with Crippen molar-refractivity contribution in [2.45, 2.75) is 12.7 Å². The zero-order valence-electron chi connectivity index (χ0n) is 12.2. The third-order valence-electron chi connectivity index (χ3n) is 3.00. The number of nitrogens with one attached hydrogen (secondary N) is 2. The van der Waals surface area contributed by atoms with E-state index in [0.717, 1.165) is 4.47 Å². The predicted octanol–water partition coefficient (Wildman–Crippen LogP) is 3.88. The van der Waals surface area contributed by atoms with E-state index >= 15 is 0 Å². The minimum atomic E-state index is -4.92. The van der Waals surface area contributed by atoms with Crippen molar-refractivity contribution in [3.8, 4) is 0 Å². The molecule has 0 spiro atoms. The molecule has 0 aliphatic heterocycles. The van der Waals surface area contributed by atoms with Crippen LogP contribution in [-0.4, -0.2) is 18.0 Å². The second-order valence-electron chi connectivity index (χ2n) is 4.84. The van der Waals surface area contributed by atoms with Gasteiger partial charge in [0.15, 0.2) is 0 Å². The van der Waals surface area contributed by atoms with E-state index in [0.29, 0.717) is 16.8 Å². The molecule has 0 unspecified atom stereocenters. The summed E-state index contributed by atoms with van der Waals surface area (Å²) in [5.41, 5.74) is 1.29. The Labute approximate surface area is 144 Å². The molecular formula is C16H12BrF3N2O2. The van der Waals surface area contributed by atoms with E-state index in [4.69, 9.17) is 0 Å². The quantitative estimate of drug-likeness (QED) is 0.817. The minimum Gasteiger partial charge on any atom is -0.344 e. The van der Waals surface area contributed by atoms with Crippen molar-refractivity contribution in [1.29, 1.82) is 0 Å². The van der Waals surface area contributed by atoms with Crippen LogP contribution in [0.3, 0.4) is 0 Å². The number of hydrogen-bond donors (Lipinski definition) is 2. The van der Waals surface area contributed by atoms with Crippen molar-refractivity contribution in [3.63, 3.8) is 0 Å². The smallest absolute Gasteiger partial charge is 0.344 e. The molecule has 0 aliphatic rings.